The van der Waals surface area contributed by atoms with Gasteiger partial charge in [-0.15, -0.1) is 11.3 Å². The molecule has 1 fully saturated rings. The summed E-state index contributed by atoms with van der Waals surface area (Å²) in [6.45, 7) is 6.11. The molecule has 7 nitrogen and oxygen atoms in total. The number of anilines is 1. The van der Waals surface area contributed by atoms with Crippen LogP contribution < -0.4 is 4.90 Å². The quantitative estimate of drug-likeness (QED) is 0.575. The summed E-state index contributed by atoms with van der Waals surface area (Å²) < 4.78 is 1.25. The first-order chi connectivity index (χ1) is 13.8. The zero-order valence-electron chi connectivity index (χ0n) is 15.6. The predicted molar refractivity (Wildman–Crippen MR) is 111 cm³/mol. The van der Waals surface area contributed by atoms with Gasteiger partial charge in [-0.2, -0.15) is 5.10 Å². The van der Waals surface area contributed by atoms with Crippen LogP contribution in [0.15, 0.2) is 48.5 Å². The van der Waals surface area contributed by atoms with Gasteiger partial charge in [-0.05, 0) is 24.6 Å². The van der Waals surface area contributed by atoms with E-state index in [2.05, 4.69) is 60.1 Å². The Kier molecular flexibility index (Phi) is 4.50. The first kappa shape index (κ1) is 17.3. The minimum Gasteiger partial charge on any atom is -0.338 e. The molecule has 1 N–H and O–H groups in total. The topological polar surface area (TPSA) is 73.8 Å². The van der Waals surface area contributed by atoms with Crippen molar-refractivity contribution in [3.05, 3.63) is 54.1 Å². The normalized spacial score (nSPS) is 16.5. The smallest absolute Gasteiger partial charge is 0.225 e. The largest absolute Gasteiger partial charge is 0.338 e. The van der Waals surface area contributed by atoms with Crippen LogP contribution in [0.25, 0.3) is 21.3 Å². The fourth-order valence-corrected chi connectivity index (χ4v) is 4.36. The maximum atomic E-state index is 4.56. The van der Waals surface area contributed by atoms with Crippen LogP contribution in [0.1, 0.15) is 18.5 Å². The van der Waals surface area contributed by atoms with E-state index in [1.807, 2.05) is 24.1 Å². The Morgan fingerprint density at radius 2 is 1.82 bits per heavy atom. The van der Waals surface area contributed by atoms with Gasteiger partial charge in [0, 0.05) is 61.9 Å². The highest BCUT2D eigenvalue weighted by atomic mass is 32.1. The van der Waals surface area contributed by atoms with Crippen LogP contribution >= 0.6 is 11.3 Å². The highest BCUT2D eigenvalue weighted by Crippen LogP contribution is 2.27. The zero-order valence-corrected chi connectivity index (χ0v) is 16.4. The maximum absolute atomic E-state index is 4.56. The first-order valence-corrected chi connectivity index (χ1v) is 10.3. The number of nitrogens with one attached hydrogen (secondary N) is 1. The molecule has 3 aromatic heterocycles. The number of nitrogens with zero attached hydrogens (tertiary/aromatic N) is 6. The standard InChI is InChI=1S/C20H21N7S/c1-14(15-2-3-19-18(8-15)23-13-28-19)26-4-6-27(7-5-26)20-21-9-16(10-22-20)17-11-24-25-12-17/h2-3,8-14H,4-7H2,1H3,(H,24,25). The van der Waals surface area contributed by atoms with E-state index in [4.69, 9.17) is 0 Å². The molecule has 4 heterocycles. The van der Waals surface area contributed by atoms with Crippen molar-refractivity contribution >= 4 is 27.5 Å². The number of piperazine rings is 1. The van der Waals surface area contributed by atoms with Gasteiger partial charge in [-0.1, -0.05) is 6.07 Å². The molecule has 0 amide bonds. The molecule has 0 saturated carbocycles. The number of aromatic amines is 1. The molecule has 5 rings (SSSR count). The molecule has 4 aromatic rings. The lowest BCUT2D eigenvalue weighted by molar-refractivity contribution is 0.198. The second-order valence-corrected chi connectivity index (χ2v) is 7.92. The Bertz CT molecular complexity index is 1050. The third kappa shape index (κ3) is 3.25. The highest BCUT2D eigenvalue weighted by Gasteiger charge is 2.23. The van der Waals surface area contributed by atoms with Gasteiger partial charge in [0.15, 0.2) is 0 Å². The predicted octanol–water partition coefficient (Wildman–Crippen LogP) is 3.36. The Labute approximate surface area is 167 Å². The monoisotopic (exact) mass is 391 g/mol. The van der Waals surface area contributed by atoms with Crippen molar-refractivity contribution < 1.29 is 0 Å². The fraction of sp³-hybridized carbons (Fsp3) is 0.300. The number of H-pyrrole nitrogens is 1. The van der Waals surface area contributed by atoms with Crippen molar-refractivity contribution in [1.29, 1.82) is 0 Å². The maximum Gasteiger partial charge on any atom is 0.225 e. The molecule has 1 atom stereocenters. The fourth-order valence-electron chi connectivity index (χ4n) is 3.70. The van der Waals surface area contributed by atoms with Crippen LogP contribution in [0, 0.1) is 0 Å². The molecule has 142 valence electrons. The van der Waals surface area contributed by atoms with Gasteiger partial charge in [0.1, 0.15) is 0 Å². The van der Waals surface area contributed by atoms with E-state index < -0.39 is 0 Å². The van der Waals surface area contributed by atoms with Gasteiger partial charge in [-0.25, -0.2) is 15.0 Å². The number of fused-ring (bicyclic) bond motifs is 1. The number of thiazole rings is 1. The van der Waals surface area contributed by atoms with Gasteiger partial charge >= 0.3 is 0 Å². The lowest BCUT2D eigenvalue weighted by Gasteiger charge is -2.38. The third-order valence-corrected chi connectivity index (χ3v) is 6.26. The summed E-state index contributed by atoms with van der Waals surface area (Å²) in [6, 6.07) is 7.01. The molecule has 1 aliphatic rings. The van der Waals surface area contributed by atoms with Crippen LogP contribution in [0.5, 0.6) is 0 Å². The Morgan fingerprint density at radius 3 is 2.57 bits per heavy atom. The van der Waals surface area contributed by atoms with Gasteiger partial charge < -0.3 is 4.90 Å². The minimum atomic E-state index is 0.373. The lowest BCUT2D eigenvalue weighted by atomic mass is 10.1. The van der Waals surface area contributed by atoms with Crippen LogP contribution in [0.4, 0.5) is 5.95 Å². The molecule has 1 saturated heterocycles. The van der Waals surface area contributed by atoms with Crippen molar-refractivity contribution in [1.82, 2.24) is 30.0 Å². The molecular formula is C20H21N7S. The van der Waals surface area contributed by atoms with Gasteiger partial charge in [0.2, 0.25) is 5.95 Å². The summed E-state index contributed by atoms with van der Waals surface area (Å²) in [6.07, 6.45) is 7.36. The van der Waals surface area contributed by atoms with Crippen LogP contribution in [0.3, 0.4) is 0 Å². The Hall–Kier alpha value is -2.84. The first-order valence-electron chi connectivity index (χ1n) is 9.41. The van der Waals surface area contributed by atoms with E-state index in [0.717, 1.165) is 48.8 Å². The molecule has 0 spiro atoms. The van der Waals surface area contributed by atoms with Crippen molar-refractivity contribution in [3.63, 3.8) is 0 Å². The van der Waals surface area contributed by atoms with Crippen molar-refractivity contribution in [2.75, 3.05) is 31.1 Å². The number of hydrogen-bond acceptors (Lipinski definition) is 7. The minimum absolute atomic E-state index is 0.373. The van der Waals surface area contributed by atoms with E-state index in [-0.39, 0.29) is 0 Å². The molecule has 1 aromatic carbocycles. The van der Waals surface area contributed by atoms with E-state index in [9.17, 15) is 0 Å². The summed E-state index contributed by atoms with van der Waals surface area (Å²) in [5, 5.41) is 6.79. The summed E-state index contributed by atoms with van der Waals surface area (Å²) >= 11 is 1.69. The van der Waals surface area contributed by atoms with Gasteiger partial charge in [0.05, 0.1) is 21.9 Å². The molecule has 8 heteroatoms. The van der Waals surface area contributed by atoms with Crippen LogP contribution in [0.2, 0.25) is 0 Å². The number of rotatable bonds is 4. The second kappa shape index (κ2) is 7.29. The second-order valence-electron chi connectivity index (χ2n) is 7.04. The SMILES string of the molecule is CC(c1ccc2scnc2c1)N1CCN(c2ncc(-c3cn[nH]c3)cn2)CC1. The van der Waals surface area contributed by atoms with Gasteiger partial charge in [-0.3, -0.25) is 10.00 Å². The van der Waals surface area contributed by atoms with E-state index in [1.54, 1.807) is 17.5 Å². The molecule has 0 aliphatic carbocycles. The van der Waals surface area contributed by atoms with Crippen molar-refractivity contribution in [3.8, 4) is 11.1 Å². The lowest BCUT2D eigenvalue weighted by Crippen LogP contribution is -2.47. The summed E-state index contributed by atoms with van der Waals surface area (Å²) in [7, 11) is 0. The summed E-state index contributed by atoms with van der Waals surface area (Å²) in [5.41, 5.74) is 6.31. The molecule has 28 heavy (non-hydrogen) atoms. The average molecular weight is 392 g/mol. The molecular weight excluding hydrogens is 370 g/mol. The molecule has 1 unspecified atom stereocenters. The Morgan fingerprint density at radius 1 is 1.00 bits per heavy atom. The van der Waals surface area contributed by atoms with E-state index in [0.29, 0.717) is 6.04 Å². The van der Waals surface area contributed by atoms with E-state index in [1.165, 1.54) is 10.3 Å². The molecule has 1 aliphatic heterocycles. The summed E-state index contributed by atoms with van der Waals surface area (Å²) in [5.74, 6) is 0.795. The summed E-state index contributed by atoms with van der Waals surface area (Å²) in [4.78, 5) is 18.4. The van der Waals surface area contributed by atoms with Crippen molar-refractivity contribution in [2.24, 2.45) is 0 Å². The zero-order chi connectivity index (χ0) is 18.9. The average Bonchev–Trinajstić information content (AvgIpc) is 3.45. The number of aromatic nitrogens is 5. The third-order valence-electron chi connectivity index (χ3n) is 5.45. The number of benzene rings is 1. The number of hydrogen-bond donors (Lipinski definition) is 1. The van der Waals surface area contributed by atoms with Crippen LogP contribution in [-0.4, -0.2) is 56.2 Å². The molecule has 0 radical (unpaired) electrons. The molecule has 0 bridgehead atoms. The van der Waals surface area contributed by atoms with E-state index >= 15 is 0 Å². The van der Waals surface area contributed by atoms with Gasteiger partial charge in [0.25, 0.3) is 0 Å². The Balaban J connectivity index is 1.24. The highest BCUT2D eigenvalue weighted by molar-refractivity contribution is 7.16. The van der Waals surface area contributed by atoms with Crippen molar-refractivity contribution in [2.45, 2.75) is 13.0 Å². The van der Waals surface area contributed by atoms with Crippen LogP contribution in [-0.2, 0) is 0 Å².